The van der Waals surface area contributed by atoms with Crippen LogP contribution >= 0.6 is 0 Å². The summed E-state index contributed by atoms with van der Waals surface area (Å²) in [5, 5.41) is 18.0. The van der Waals surface area contributed by atoms with E-state index in [4.69, 9.17) is 10.1 Å². The number of ether oxygens (including phenoxy) is 1. The minimum absolute atomic E-state index is 0.364. The van der Waals surface area contributed by atoms with Crippen molar-refractivity contribution in [1.82, 2.24) is 0 Å². The molecule has 0 heterocycles. The maximum atomic E-state index is 11.2. The highest BCUT2D eigenvalue weighted by Crippen LogP contribution is 2.42. The molecule has 6 heteroatoms. The topological polar surface area (TPSA) is 86.2 Å². The summed E-state index contributed by atoms with van der Waals surface area (Å²) in [5.74, 6) is 0.968. The second-order valence-electron chi connectivity index (χ2n) is 6.95. The summed E-state index contributed by atoms with van der Waals surface area (Å²) in [6.45, 7) is 6.86. The van der Waals surface area contributed by atoms with Gasteiger partial charge in [0.15, 0.2) is 0 Å². The van der Waals surface area contributed by atoms with Crippen molar-refractivity contribution in [3.8, 4) is 16.9 Å². The lowest BCUT2D eigenvalue weighted by Crippen LogP contribution is -2.09. The summed E-state index contributed by atoms with van der Waals surface area (Å²) in [6.07, 6.45) is 3.79. The van der Waals surface area contributed by atoms with Crippen molar-refractivity contribution in [2.24, 2.45) is 5.92 Å². The Morgan fingerprint density at radius 3 is 2.50 bits per heavy atom. The molecule has 3 rings (SSSR count). The van der Waals surface area contributed by atoms with E-state index >= 15 is 0 Å². The molecule has 0 radical (unpaired) electrons. The molecule has 0 aromatic heterocycles. The van der Waals surface area contributed by atoms with Gasteiger partial charge in [0.05, 0.1) is 12.8 Å². The van der Waals surface area contributed by atoms with Gasteiger partial charge in [0, 0.05) is 42.0 Å². The van der Waals surface area contributed by atoms with Crippen LogP contribution in [0.5, 0.6) is 5.75 Å². The molecule has 0 atom stereocenters. The molecule has 30 heavy (non-hydrogen) atoms. The second-order valence-corrected chi connectivity index (χ2v) is 6.95. The second kappa shape index (κ2) is 11.2. The van der Waals surface area contributed by atoms with Crippen LogP contribution in [0.2, 0.25) is 0 Å². The smallest absolute Gasteiger partial charge is 0.211 e. The summed E-state index contributed by atoms with van der Waals surface area (Å²) in [4.78, 5) is 11.2. The van der Waals surface area contributed by atoms with E-state index in [9.17, 15) is 4.79 Å². The van der Waals surface area contributed by atoms with Gasteiger partial charge in [-0.15, -0.1) is 0 Å². The van der Waals surface area contributed by atoms with Gasteiger partial charge in [0.25, 0.3) is 0 Å². The number of carbonyl (C=O) groups excluding carboxylic acids is 1. The largest absolute Gasteiger partial charge is 0.494 e. The van der Waals surface area contributed by atoms with E-state index in [1.165, 1.54) is 0 Å². The number of hydrogen-bond donors (Lipinski definition) is 4. The summed E-state index contributed by atoms with van der Waals surface area (Å²) in [7, 11) is 3.47. The molecule has 1 amide bonds. The minimum atomic E-state index is 0.364. The van der Waals surface area contributed by atoms with E-state index < -0.39 is 0 Å². The molecule has 0 unspecified atom stereocenters. The van der Waals surface area contributed by atoms with E-state index in [2.05, 4.69) is 28.9 Å². The van der Waals surface area contributed by atoms with Gasteiger partial charge < -0.3 is 26.1 Å². The number of amides is 1. The monoisotopic (exact) mass is 410 g/mol. The van der Waals surface area contributed by atoms with Crippen molar-refractivity contribution in [3.05, 3.63) is 35.9 Å². The van der Waals surface area contributed by atoms with E-state index in [0.29, 0.717) is 29.5 Å². The molecule has 1 fully saturated rings. The Kier molecular flexibility index (Phi) is 8.71. The van der Waals surface area contributed by atoms with Gasteiger partial charge in [0.2, 0.25) is 6.41 Å². The van der Waals surface area contributed by atoms with Gasteiger partial charge in [-0.05, 0) is 49.1 Å². The quantitative estimate of drug-likeness (QED) is 0.303. The Balaban J connectivity index is 0.00000155. The van der Waals surface area contributed by atoms with Gasteiger partial charge in [-0.2, -0.15) is 0 Å². The summed E-state index contributed by atoms with van der Waals surface area (Å²) >= 11 is 0. The molecule has 0 aliphatic heterocycles. The normalized spacial score (nSPS) is 12.3. The number of hydrogen-bond acceptors (Lipinski definition) is 5. The molecule has 0 bridgehead atoms. The Labute approximate surface area is 179 Å². The van der Waals surface area contributed by atoms with Crippen molar-refractivity contribution < 1.29 is 9.53 Å². The summed E-state index contributed by atoms with van der Waals surface area (Å²) < 4.78 is 5.44. The first-order valence-corrected chi connectivity index (χ1v) is 10.7. The maximum absolute atomic E-state index is 11.2. The predicted molar refractivity (Wildman–Crippen MR) is 127 cm³/mol. The van der Waals surface area contributed by atoms with Crippen molar-refractivity contribution in [2.45, 2.75) is 40.0 Å². The lowest BCUT2D eigenvalue weighted by atomic mass is 9.95. The van der Waals surface area contributed by atoms with Crippen LogP contribution in [0.25, 0.3) is 11.1 Å². The average molecular weight is 411 g/mol. The lowest BCUT2D eigenvalue weighted by molar-refractivity contribution is -0.105. The van der Waals surface area contributed by atoms with E-state index in [1.54, 1.807) is 7.11 Å². The Bertz CT molecular complexity index is 876. The van der Waals surface area contributed by atoms with Crippen LogP contribution < -0.4 is 20.7 Å². The van der Waals surface area contributed by atoms with E-state index in [1.807, 2.05) is 45.2 Å². The van der Waals surface area contributed by atoms with Crippen LogP contribution in [0.3, 0.4) is 0 Å². The zero-order valence-electron chi connectivity index (χ0n) is 18.7. The third-order valence-electron chi connectivity index (χ3n) is 5.02. The first-order valence-electron chi connectivity index (χ1n) is 10.7. The molecular weight excluding hydrogens is 376 g/mol. The molecule has 2 aromatic carbocycles. The fourth-order valence-corrected chi connectivity index (χ4v) is 3.37. The number of methoxy groups -OCH3 is 1. The van der Waals surface area contributed by atoms with Gasteiger partial charge in [-0.25, -0.2) is 0 Å². The number of nitrogens with one attached hydrogen (secondary N) is 4. The summed E-state index contributed by atoms with van der Waals surface area (Å²) in [5.41, 5.74) is 6.00. The van der Waals surface area contributed by atoms with Gasteiger partial charge in [-0.3, -0.25) is 4.79 Å². The van der Waals surface area contributed by atoms with Crippen molar-refractivity contribution in [2.75, 3.05) is 36.7 Å². The van der Waals surface area contributed by atoms with Crippen LogP contribution in [0.15, 0.2) is 30.3 Å². The highest BCUT2D eigenvalue weighted by molar-refractivity contribution is 6.07. The van der Waals surface area contributed by atoms with Crippen LogP contribution in [-0.4, -0.2) is 32.8 Å². The average Bonchev–Trinajstić information content (AvgIpc) is 3.64. The first kappa shape index (κ1) is 23.3. The van der Waals surface area contributed by atoms with Crippen LogP contribution in [0.4, 0.5) is 17.1 Å². The zero-order valence-corrected chi connectivity index (χ0v) is 18.7. The van der Waals surface area contributed by atoms with Crippen molar-refractivity contribution in [1.29, 1.82) is 5.41 Å². The molecular formula is C24H34N4O2. The molecule has 1 saturated carbocycles. The Morgan fingerprint density at radius 1 is 1.20 bits per heavy atom. The Morgan fingerprint density at radius 2 is 1.93 bits per heavy atom. The van der Waals surface area contributed by atoms with Crippen LogP contribution in [0.1, 0.15) is 45.6 Å². The number of anilines is 3. The SMILES string of the molecule is CC.CCCNc1c(-c2ccc(NC)c(C(=N)C3CC3)c2)ccc(OC)c1NC=O. The third kappa shape index (κ3) is 5.12. The summed E-state index contributed by atoms with van der Waals surface area (Å²) in [6, 6.07) is 9.97. The molecule has 1 aliphatic carbocycles. The van der Waals surface area contributed by atoms with Gasteiger partial charge >= 0.3 is 0 Å². The molecule has 0 saturated heterocycles. The highest BCUT2D eigenvalue weighted by atomic mass is 16.5. The minimum Gasteiger partial charge on any atom is -0.494 e. The van der Waals surface area contributed by atoms with Crippen molar-refractivity contribution in [3.63, 3.8) is 0 Å². The molecule has 6 nitrogen and oxygen atoms in total. The molecule has 2 aromatic rings. The number of rotatable bonds is 10. The van der Waals surface area contributed by atoms with Gasteiger partial charge in [0.1, 0.15) is 11.4 Å². The van der Waals surface area contributed by atoms with E-state index in [0.717, 1.165) is 53.9 Å². The molecule has 0 spiro atoms. The molecule has 162 valence electrons. The third-order valence-corrected chi connectivity index (χ3v) is 5.02. The lowest BCUT2D eigenvalue weighted by Gasteiger charge is -2.20. The maximum Gasteiger partial charge on any atom is 0.211 e. The predicted octanol–water partition coefficient (Wildman–Crippen LogP) is 5.60. The fraction of sp³-hybridized carbons (Fsp3) is 0.417. The number of benzene rings is 2. The van der Waals surface area contributed by atoms with Crippen molar-refractivity contribution >= 4 is 29.2 Å². The zero-order chi connectivity index (χ0) is 22.1. The first-order chi connectivity index (χ1) is 14.6. The Hall–Kier alpha value is -3.02. The number of carbonyl (C=O) groups is 1. The standard InChI is InChI=1S/C22H28N4O2.C2H6/c1-4-11-25-21-16(8-10-19(28-3)22(21)26-13-27)15-7-9-18(24-2)17(12-15)20(23)14-5-6-14;1-2/h7-10,12-14,23-25H,4-6,11H2,1-3H3,(H,26,27);1-2H3. The van der Waals surface area contributed by atoms with Crippen LogP contribution in [-0.2, 0) is 4.79 Å². The molecule has 1 aliphatic rings. The van der Waals surface area contributed by atoms with Gasteiger partial charge in [-0.1, -0.05) is 26.8 Å². The van der Waals surface area contributed by atoms with E-state index in [-0.39, 0.29) is 0 Å². The highest BCUT2D eigenvalue weighted by Gasteiger charge is 2.29. The molecule has 4 N–H and O–H groups in total. The van der Waals surface area contributed by atoms with Crippen LogP contribution in [0, 0.1) is 11.3 Å². The fourth-order valence-electron chi connectivity index (χ4n) is 3.37.